The van der Waals surface area contributed by atoms with Crippen LogP contribution in [0.15, 0.2) is 0 Å². The van der Waals surface area contributed by atoms with Gasteiger partial charge in [-0.3, -0.25) is 14.9 Å². The molecule has 0 aromatic rings. The van der Waals surface area contributed by atoms with Crippen LogP contribution in [-0.4, -0.2) is 50.7 Å². The Kier molecular flexibility index (Phi) is 6.67. The molecule has 0 saturated carbocycles. The Labute approximate surface area is 108 Å². The number of nitrogens with one attached hydrogen (secondary N) is 3. The minimum absolute atomic E-state index is 0.0101. The van der Waals surface area contributed by atoms with E-state index in [4.69, 9.17) is 4.74 Å². The standard InChI is InChI=1S/C12H23N3O3/c1-9(11(16)14-7-8-18-2)15-10-5-3-4-6-13-12(10)17/h9-10,15H,3-8H2,1-2H3,(H,13,17)(H,14,16). The molecule has 1 aliphatic rings. The monoisotopic (exact) mass is 257 g/mol. The van der Waals surface area contributed by atoms with Crippen molar-refractivity contribution in [3.63, 3.8) is 0 Å². The molecular formula is C12H23N3O3. The molecule has 2 unspecified atom stereocenters. The second kappa shape index (κ2) is 8.05. The third kappa shape index (κ3) is 5.01. The van der Waals surface area contributed by atoms with Gasteiger partial charge in [-0.15, -0.1) is 0 Å². The maximum absolute atomic E-state index is 11.7. The van der Waals surface area contributed by atoms with Gasteiger partial charge in [0.05, 0.1) is 18.7 Å². The molecular weight excluding hydrogens is 234 g/mol. The van der Waals surface area contributed by atoms with E-state index in [-0.39, 0.29) is 23.9 Å². The first kappa shape index (κ1) is 14.9. The Morgan fingerprint density at radius 1 is 1.56 bits per heavy atom. The van der Waals surface area contributed by atoms with Gasteiger partial charge in [0.1, 0.15) is 0 Å². The van der Waals surface area contributed by atoms with E-state index < -0.39 is 0 Å². The van der Waals surface area contributed by atoms with Gasteiger partial charge in [-0.25, -0.2) is 0 Å². The molecule has 1 rings (SSSR count). The molecule has 1 aliphatic heterocycles. The first-order chi connectivity index (χ1) is 8.65. The average molecular weight is 257 g/mol. The van der Waals surface area contributed by atoms with Crippen molar-refractivity contribution in [3.05, 3.63) is 0 Å². The van der Waals surface area contributed by atoms with Gasteiger partial charge in [-0.2, -0.15) is 0 Å². The molecule has 0 aliphatic carbocycles. The van der Waals surface area contributed by atoms with Crippen LogP contribution in [0.2, 0.25) is 0 Å². The zero-order valence-corrected chi connectivity index (χ0v) is 11.1. The topological polar surface area (TPSA) is 79.5 Å². The van der Waals surface area contributed by atoms with Crippen molar-refractivity contribution in [2.24, 2.45) is 0 Å². The minimum Gasteiger partial charge on any atom is -0.383 e. The van der Waals surface area contributed by atoms with Crippen LogP contribution < -0.4 is 16.0 Å². The number of carbonyl (C=O) groups is 2. The molecule has 2 amide bonds. The van der Waals surface area contributed by atoms with Gasteiger partial charge >= 0.3 is 0 Å². The first-order valence-corrected chi connectivity index (χ1v) is 6.45. The number of rotatable bonds is 6. The van der Waals surface area contributed by atoms with Crippen molar-refractivity contribution >= 4 is 11.8 Å². The Morgan fingerprint density at radius 2 is 2.33 bits per heavy atom. The normalized spacial score (nSPS) is 21.9. The lowest BCUT2D eigenvalue weighted by atomic mass is 10.1. The largest absolute Gasteiger partial charge is 0.383 e. The molecule has 1 heterocycles. The Bertz CT molecular complexity index is 284. The zero-order chi connectivity index (χ0) is 13.4. The van der Waals surface area contributed by atoms with Crippen LogP contribution in [0, 0.1) is 0 Å². The van der Waals surface area contributed by atoms with Crippen molar-refractivity contribution in [2.45, 2.75) is 38.3 Å². The quantitative estimate of drug-likeness (QED) is 0.555. The maximum atomic E-state index is 11.7. The van der Waals surface area contributed by atoms with Crippen LogP contribution in [0.5, 0.6) is 0 Å². The van der Waals surface area contributed by atoms with Crippen molar-refractivity contribution in [3.8, 4) is 0 Å². The number of ether oxygens (including phenoxy) is 1. The molecule has 6 nitrogen and oxygen atoms in total. The number of hydrogen-bond acceptors (Lipinski definition) is 4. The molecule has 0 radical (unpaired) electrons. The predicted octanol–water partition coefficient (Wildman–Crippen LogP) is -0.604. The third-order valence-corrected chi connectivity index (χ3v) is 2.99. The number of amides is 2. The fourth-order valence-electron chi connectivity index (χ4n) is 1.91. The zero-order valence-electron chi connectivity index (χ0n) is 11.1. The van der Waals surface area contributed by atoms with Gasteiger partial charge in [0.25, 0.3) is 0 Å². The molecule has 6 heteroatoms. The van der Waals surface area contributed by atoms with E-state index in [9.17, 15) is 9.59 Å². The highest BCUT2D eigenvalue weighted by molar-refractivity contribution is 5.85. The number of hydrogen-bond donors (Lipinski definition) is 3. The van der Waals surface area contributed by atoms with Crippen LogP contribution in [0.25, 0.3) is 0 Å². The molecule has 0 aromatic carbocycles. The molecule has 1 saturated heterocycles. The molecule has 0 aromatic heterocycles. The summed E-state index contributed by atoms with van der Waals surface area (Å²) in [6, 6.07) is -0.647. The Hall–Kier alpha value is -1.14. The highest BCUT2D eigenvalue weighted by atomic mass is 16.5. The Morgan fingerprint density at radius 3 is 3.06 bits per heavy atom. The van der Waals surface area contributed by atoms with E-state index in [1.165, 1.54) is 0 Å². The average Bonchev–Trinajstić information content (AvgIpc) is 2.55. The van der Waals surface area contributed by atoms with E-state index in [0.717, 1.165) is 25.8 Å². The lowest BCUT2D eigenvalue weighted by molar-refractivity contribution is -0.125. The van der Waals surface area contributed by atoms with Crippen LogP contribution in [0.3, 0.4) is 0 Å². The van der Waals surface area contributed by atoms with Gasteiger partial charge in [0.15, 0.2) is 0 Å². The number of methoxy groups -OCH3 is 1. The molecule has 2 atom stereocenters. The highest BCUT2D eigenvalue weighted by Crippen LogP contribution is 2.06. The van der Waals surface area contributed by atoms with Crippen LogP contribution in [-0.2, 0) is 14.3 Å². The lowest BCUT2D eigenvalue weighted by Gasteiger charge is -2.20. The number of carbonyl (C=O) groups excluding carboxylic acids is 2. The fourth-order valence-corrected chi connectivity index (χ4v) is 1.91. The smallest absolute Gasteiger partial charge is 0.237 e. The van der Waals surface area contributed by atoms with Crippen LogP contribution in [0.4, 0.5) is 0 Å². The summed E-state index contributed by atoms with van der Waals surface area (Å²) in [6.07, 6.45) is 2.77. The van der Waals surface area contributed by atoms with Gasteiger partial charge in [0.2, 0.25) is 11.8 Å². The summed E-state index contributed by atoms with van der Waals surface area (Å²) >= 11 is 0. The summed E-state index contributed by atoms with van der Waals surface area (Å²) in [5.74, 6) is -0.117. The van der Waals surface area contributed by atoms with E-state index in [2.05, 4.69) is 16.0 Å². The summed E-state index contributed by atoms with van der Waals surface area (Å²) in [7, 11) is 1.59. The first-order valence-electron chi connectivity index (χ1n) is 6.45. The van der Waals surface area contributed by atoms with Crippen LogP contribution in [0.1, 0.15) is 26.2 Å². The summed E-state index contributed by atoms with van der Waals surface area (Å²) in [4.78, 5) is 23.4. The van der Waals surface area contributed by atoms with E-state index >= 15 is 0 Å². The summed E-state index contributed by atoms with van der Waals surface area (Å²) in [6.45, 7) is 3.46. The molecule has 0 spiro atoms. The van der Waals surface area contributed by atoms with Gasteiger partial charge in [-0.05, 0) is 26.2 Å². The van der Waals surface area contributed by atoms with E-state index in [0.29, 0.717) is 13.2 Å². The van der Waals surface area contributed by atoms with E-state index in [1.54, 1.807) is 14.0 Å². The fraction of sp³-hybridized carbons (Fsp3) is 0.833. The summed E-state index contributed by atoms with van der Waals surface area (Å²) < 4.78 is 4.86. The minimum atomic E-state index is -0.379. The van der Waals surface area contributed by atoms with E-state index in [1.807, 2.05) is 0 Å². The Balaban J connectivity index is 2.34. The van der Waals surface area contributed by atoms with Crippen molar-refractivity contribution < 1.29 is 14.3 Å². The second-order valence-electron chi connectivity index (χ2n) is 4.51. The summed E-state index contributed by atoms with van der Waals surface area (Å²) in [5.41, 5.74) is 0. The summed E-state index contributed by atoms with van der Waals surface area (Å²) in [5, 5.41) is 8.65. The van der Waals surface area contributed by atoms with Gasteiger partial charge < -0.3 is 15.4 Å². The molecule has 1 fully saturated rings. The lowest BCUT2D eigenvalue weighted by Crippen LogP contribution is -2.51. The SMILES string of the molecule is COCCNC(=O)C(C)NC1CCCCNC1=O. The predicted molar refractivity (Wildman–Crippen MR) is 68.1 cm³/mol. The molecule has 18 heavy (non-hydrogen) atoms. The van der Waals surface area contributed by atoms with Crippen molar-refractivity contribution in [1.29, 1.82) is 0 Å². The maximum Gasteiger partial charge on any atom is 0.237 e. The third-order valence-electron chi connectivity index (χ3n) is 2.99. The highest BCUT2D eigenvalue weighted by Gasteiger charge is 2.24. The molecule has 104 valence electrons. The second-order valence-corrected chi connectivity index (χ2v) is 4.51. The van der Waals surface area contributed by atoms with Crippen molar-refractivity contribution in [2.75, 3.05) is 26.8 Å². The van der Waals surface area contributed by atoms with Crippen molar-refractivity contribution in [1.82, 2.24) is 16.0 Å². The van der Waals surface area contributed by atoms with Gasteiger partial charge in [-0.1, -0.05) is 0 Å². The molecule has 0 bridgehead atoms. The van der Waals surface area contributed by atoms with Crippen LogP contribution >= 0.6 is 0 Å². The van der Waals surface area contributed by atoms with Gasteiger partial charge in [0, 0.05) is 20.2 Å². The molecule has 3 N–H and O–H groups in total.